The molecule has 6 heteroatoms. The third-order valence-electron chi connectivity index (χ3n) is 4.72. The Morgan fingerprint density at radius 2 is 1.71 bits per heavy atom. The molecule has 28 heavy (non-hydrogen) atoms. The number of amides is 1. The Bertz CT molecular complexity index is 1270. The summed E-state index contributed by atoms with van der Waals surface area (Å²) in [6, 6.07) is 17.1. The predicted octanol–water partition coefficient (Wildman–Crippen LogP) is 3.25. The summed E-state index contributed by atoms with van der Waals surface area (Å²) in [5.74, 6) is -0.176. The first kappa shape index (κ1) is 17.7. The van der Waals surface area contributed by atoms with Gasteiger partial charge in [0.15, 0.2) is 5.65 Å². The molecule has 0 unspecified atom stereocenters. The van der Waals surface area contributed by atoms with Gasteiger partial charge in [0.1, 0.15) is 11.3 Å². The monoisotopic (exact) mass is 373 g/mol. The van der Waals surface area contributed by atoms with Crippen LogP contribution in [0.4, 0.5) is 0 Å². The van der Waals surface area contributed by atoms with E-state index in [-0.39, 0.29) is 11.3 Å². The van der Waals surface area contributed by atoms with E-state index in [4.69, 9.17) is 4.74 Å². The van der Waals surface area contributed by atoms with Gasteiger partial charge in [0, 0.05) is 25.7 Å². The number of benzene rings is 2. The molecule has 0 saturated heterocycles. The van der Waals surface area contributed by atoms with Crippen molar-refractivity contribution in [2.24, 2.45) is 0 Å². The van der Waals surface area contributed by atoms with Gasteiger partial charge >= 0.3 is 0 Å². The topological polar surface area (TPSA) is 64.4 Å². The van der Waals surface area contributed by atoms with Gasteiger partial charge in [-0.3, -0.25) is 14.2 Å². The van der Waals surface area contributed by atoms with Crippen LogP contribution in [-0.4, -0.2) is 41.6 Å². The second-order valence-electron chi connectivity index (χ2n) is 6.62. The molecule has 0 N–H and O–H groups in total. The number of ether oxygens (including phenoxy) is 1. The quantitative estimate of drug-likeness (QED) is 0.553. The number of carbonyl (C=O) groups excluding carboxylic acids is 1. The van der Waals surface area contributed by atoms with Crippen molar-refractivity contribution in [3.05, 3.63) is 76.7 Å². The summed E-state index contributed by atoms with van der Waals surface area (Å²) in [6.07, 6.45) is 1.62. The minimum Gasteiger partial charge on any atom is -0.495 e. The summed E-state index contributed by atoms with van der Waals surface area (Å²) in [6.45, 7) is 0. The van der Waals surface area contributed by atoms with Crippen LogP contribution < -0.4 is 10.3 Å². The zero-order valence-corrected chi connectivity index (χ0v) is 15.8. The van der Waals surface area contributed by atoms with Crippen LogP contribution in [0.2, 0.25) is 0 Å². The van der Waals surface area contributed by atoms with E-state index in [2.05, 4.69) is 4.98 Å². The second-order valence-corrected chi connectivity index (χ2v) is 6.62. The van der Waals surface area contributed by atoms with E-state index >= 15 is 0 Å². The Kier molecular flexibility index (Phi) is 4.31. The first-order chi connectivity index (χ1) is 13.5. The molecule has 140 valence electrons. The number of fused-ring (bicyclic) bond motifs is 2. The molecular weight excluding hydrogens is 354 g/mol. The van der Waals surface area contributed by atoms with E-state index < -0.39 is 11.5 Å². The fraction of sp³-hybridized carbons (Fsp3) is 0.136. The molecule has 0 aliphatic rings. The second kappa shape index (κ2) is 6.81. The maximum Gasteiger partial charge on any atom is 0.273 e. The van der Waals surface area contributed by atoms with Gasteiger partial charge in [-0.2, -0.15) is 0 Å². The molecule has 2 aromatic heterocycles. The number of methoxy groups -OCH3 is 1. The summed E-state index contributed by atoms with van der Waals surface area (Å²) in [7, 11) is 4.67. The highest BCUT2D eigenvalue weighted by atomic mass is 16.5. The molecule has 0 atom stereocenters. The van der Waals surface area contributed by atoms with Crippen molar-refractivity contribution < 1.29 is 9.53 Å². The molecule has 0 saturated carbocycles. The lowest BCUT2D eigenvalue weighted by Gasteiger charge is -2.19. The van der Waals surface area contributed by atoms with Crippen molar-refractivity contribution in [3.8, 4) is 11.4 Å². The van der Waals surface area contributed by atoms with E-state index in [9.17, 15) is 9.59 Å². The molecule has 2 heterocycles. The average molecular weight is 373 g/mol. The van der Waals surface area contributed by atoms with Crippen LogP contribution in [0.3, 0.4) is 0 Å². The Balaban J connectivity index is 2.22. The molecule has 4 aromatic rings. The highest BCUT2D eigenvalue weighted by Crippen LogP contribution is 2.30. The Morgan fingerprint density at radius 3 is 2.46 bits per heavy atom. The summed E-state index contributed by atoms with van der Waals surface area (Å²) in [5, 5.41) is 2.49. The lowest BCUT2D eigenvalue weighted by atomic mass is 10.1. The molecule has 0 aliphatic heterocycles. The Hall–Kier alpha value is -3.67. The van der Waals surface area contributed by atoms with Gasteiger partial charge in [-0.15, -0.1) is 0 Å². The van der Waals surface area contributed by atoms with Gasteiger partial charge < -0.3 is 9.64 Å². The zero-order chi connectivity index (χ0) is 19.8. The molecule has 1 amide bonds. The number of hydrogen-bond donors (Lipinski definition) is 0. The fourth-order valence-electron chi connectivity index (χ4n) is 3.44. The van der Waals surface area contributed by atoms with E-state index in [0.717, 1.165) is 10.8 Å². The first-order valence-corrected chi connectivity index (χ1v) is 8.82. The van der Waals surface area contributed by atoms with Crippen LogP contribution in [0.1, 0.15) is 10.4 Å². The SMILES string of the molecule is COc1c(C(=O)N(C)C)c(=O)n(-c2cccc3ccccc23)c2ncccc12. The van der Waals surface area contributed by atoms with E-state index in [0.29, 0.717) is 16.7 Å². The summed E-state index contributed by atoms with van der Waals surface area (Å²) >= 11 is 0. The third kappa shape index (κ3) is 2.62. The summed E-state index contributed by atoms with van der Waals surface area (Å²) < 4.78 is 6.99. The molecule has 0 aliphatic carbocycles. The molecule has 0 fully saturated rings. The van der Waals surface area contributed by atoms with Gasteiger partial charge in [-0.1, -0.05) is 36.4 Å². The summed E-state index contributed by atoms with van der Waals surface area (Å²) in [4.78, 5) is 32.2. The highest BCUT2D eigenvalue weighted by molar-refractivity contribution is 6.03. The Labute approximate surface area is 161 Å². The predicted molar refractivity (Wildman–Crippen MR) is 109 cm³/mol. The normalized spacial score (nSPS) is 11.0. The van der Waals surface area contributed by atoms with Crippen LogP contribution in [0.5, 0.6) is 5.75 Å². The highest BCUT2D eigenvalue weighted by Gasteiger charge is 2.26. The van der Waals surface area contributed by atoms with Gasteiger partial charge in [0.05, 0.1) is 18.2 Å². The minimum absolute atomic E-state index is 0.0130. The summed E-state index contributed by atoms with van der Waals surface area (Å²) in [5.41, 5.74) is 0.636. The van der Waals surface area contributed by atoms with Crippen molar-refractivity contribution in [2.75, 3.05) is 21.2 Å². The smallest absolute Gasteiger partial charge is 0.273 e. The van der Waals surface area contributed by atoms with Crippen molar-refractivity contribution in [3.63, 3.8) is 0 Å². The fourth-order valence-corrected chi connectivity index (χ4v) is 3.44. The molecule has 4 rings (SSSR count). The molecule has 0 radical (unpaired) electrons. The van der Waals surface area contributed by atoms with Crippen LogP contribution in [0, 0.1) is 0 Å². The third-order valence-corrected chi connectivity index (χ3v) is 4.72. The maximum absolute atomic E-state index is 13.5. The first-order valence-electron chi connectivity index (χ1n) is 8.82. The molecule has 6 nitrogen and oxygen atoms in total. The number of aromatic nitrogens is 2. The Morgan fingerprint density at radius 1 is 1.00 bits per heavy atom. The standard InChI is InChI=1S/C22H19N3O3/c1-24(2)21(26)18-19(28-3)16-11-7-13-23-20(16)25(22(18)27)17-12-6-9-14-8-4-5-10-15(14)17/h4-13H,1-3H3. The zero-order valence-electron chi connectivity index (χ0n) is 15.8. The van der Waals surface area contributed by atoms with Crippen LogP contribution >= 0.6 is 0 Å². The maximum atomic E-state index is 13.5. The molecule has 0 spiro atoms. The molecule has 2 aromatic carbocycles. The van der Waals surface area contributed by atoms with Crippen molar-refractivity contribution >= 4 is 27.7 Å². The van der Waals surface area contributed by atoms with Crippen LogP contribution in [0.15, 0.2) is 65.6 Å². The average Bonchev–Trinajstić information content (AvgIpc) is 2.72. The number of carbonyl (C=O) groups is 1. The van der Waals surface area contributed by atoms with Crippen LogP contribution in [-0.2, 0) is 0 Å². The van der Waals surface area contributed by atoms with E-state index in [1.807, 2.05) is 42.5 Å². The van der Waals surface area contributed by atoms with Crippen molar-refractivity contribution in [1.29, 1.82) is 0 Å². The van der Waals surface area contributed by atoms with Crippen molar-refractivity contribution in [1.82, 2.24) is 14.5 Å². The van der Waals surface area contributed by atoms with Crippen LogP contribution in [0.25, 0.3) is 27.5 Å². The minimum atomic E-state index is -0.460. The van der Waals surface area contributed by atoms with Gasteiger partial charge in [0.2, 0.25) is 0 Å². The lowest BCUT2D eigenvalue weighted by molar-refractivity contribution is 0.0822. The number of nitrogens with zero attached hydrogens (tertiary/aromatic N) is 3. The number of rotatable bonds is 3. The molecular formula is C22H19N3O3. The van der Waals surface area contributed by atoms with Gasteiger partial charge in [-0.05, 0) is 23.6 Å². The van der Waals surface area contributed by atoms with E-state index in [1.54, 1.807) is 32.4 Å². The van der Waals surface area contributed by atoms with Crippen molar-refractivity contribution in [2.45, 2.75) is 0 Å². The molecule has 0 bridgehead atoms. The lowest BCUT2D eigenvalue weighted by Crippen LogP contribution is -2.33. The van der Waals surface area contributed by atoms with E-state index in [1.165, 1.54) is 16.6 Å². The largest absolute Gasteiger partial charge is 0.495 e. The van der Waals surface area contributed by atoms with Gasteiger partial charge in [-0.25, -0.2) is 4.98 Å². The number of hydrogen-bond acceptors (Lipinski definition) is 4. The van der Waals surface area contributed by atoms with Gasteiger partial charge in [0.25, 0.3) is 11.5 Å². The number of pyridine rings is 2.